The summed E-state index contributed by atoms with van der Waals surface area (Å²) in [4.78, 5) is 19.7. The number of rotatable bonds is 3. The molecule has 0 aliphatic heterocycles. The van der Waals surface area contributed by atoms with Crippen LogP contribution in [-0.2, 0) is 6.42 Å². The third-order valence-electron chi connectivity index (χ3n) is 2.13. The maximum absolute atomic E-state index is 11.8. The molecule has 0 atom stereocenters. The minimum Gasteiger partial charge on any atom is -0.292 e. The van der Waals surface area contributed by atoms with Crippen molar-refractivity contribution in [2.24, 2.45) is 0 Å². The highest BCUT2D eigenvalue weighted by Gasteiger charge is 2.07. The number of aromatic nitrogens is 2. The first-order chi connectivity index (χ1) is 7.75. The SMILES string of the molecule is O=C(Cc1ccncc1)c1ccc(Cl)cn1. The molecule has 2 aromatic rings. The monoisotopic (exact) mass is 232 g/mol. The van der Waals surface area contributed by atoms with Crippen molar-refractivity contribution in [1.29, 1.82) is 0 Å². The molecule has 0 saturated carbocycles. The summed E-state index contributed by atoms with van der Waals surface area (Å²) >= 11 is 5.69. The average Bonchev–Trinajstić information content (AvgIpc) is 2.31. The molecule has 0 amide bonds. The van der Waals surface area contributed by atoms with E-state index in [2.05, 4.69) is 9.97 Å². The summed E-state index contributed by atoms with van der Waals surface area (Å²) < 4.78 is 0. The molecule has 3 nitrogen and oxygen atoms in total. The largest absolute Gasteiger partial charge is 0.292 e. The quantitative estimate of drug-likeness (QED) is 0.764. The van der Waals surface area contributed by atoms with E-state index in [1.165, 1.54) is 6.20 Å². The maximum atomic E-state index is 11.8. The second-order valence-electron chi connectivity index (χ2n) is 3.32. The Bertz CT molecular complexity index is 482. The van der Waals surface area contributed by atoms with Gasteiger partial charge in [0.1, 0.15) is 5.69 Å². The summed E-state index contributed by atoms with van der Waals surface area (Å²) in [5.41, 5.74) is 1.36. The van der Waals surface area contributed by atoms with Gasteiger partial charge in [-0.25, -0.2) is 0 Å². The van der Waals surface area contributed by atoms with E-state index in [1.807, 2.05) is 12.1 Å². The Morgan fingerprint density at radius 3 is 2.56 bits per heavy atom. The first-order valence-corrected chi connectivity index (χ1v) is 5.17. The van der Waals surface area contributed by atoms with Gasteiger partial charge in [-0.1, -0.05) is 11.6 Å². The highest BCUT2D eigenvalue weighted by Crippen LogP contribution is 2.09. The van der Waals surface area contributed by atoms with Crippen LogP contribution >= 0.6 is 11.6 Å². The zero-order valence-electron chi connectivity index (χ0n) is 8.43. The molecule has 0 aromatic carbocycles. The van der Waals surface area contributed by atoms with Gasteiger partial charge in [0.25, 0.3) is 0 Å². The highest BCUT2D eigenvalue weighted by molar-refractivity contribution is 6.30. The summed E-state index contributed by atoms with van der Waals surface area (Å²) in [6.45, 7) is 0. The second-order valence-corrected chi connectivity index (χ2v) is 3.75. The van der Waals surface area contributed by atoms with Gasteiger partial charge < -0.3 is 0 Å². The van der Waals surface area contributed by atoms with Gasteiger partial charge >= 0.3 is 0 Å². The van der Waals surface area contributed by atoms with E-state index in [0.717, 1.165) is 5.56 Å². The first kappa shape index (κ1) is 10.8. The molecule has 0 N–H and O–H groups in total. The van der Waals surface area contributed by atoms with Gasteiger partial charge in [0.2, 0.25) is 0 Å². The van der Waals surface area contributed by atoms with E-state index in [0.29, 0.717) is 17.1 Å². The molecular weight excluding hydrogens is 224 g/mol. The number of carbonyl (C=O) groups excluding carboxylic acids is 1. The zero-order chi connectivity index (χ0) is 11.4. The minimum atomic E-state index is -0.0251. The zero-order valence-corrected chi connectivity index (χ0v) is 9.19. The number of nitrogens with zero attached hydrogens (tertiary/aromatic N) is 2. The maximum Gasteiger partial charge on any atom is 0.185 e. The van der Waals surface area contributed by atoms with Crippen LogP contribution in [-0.4, -0.2) is 15.8 Å². The summed E-state index contributed by atoms with van der Waals surface area (Å²) in [5.74, 6) is -0.0251. The molecule has 4 heteroatoms. The van der Waals surface area contributed by atoms with Crippen LogP contribution < -0.4 is 0 Å². The van der Waals surface area contributed by atoms with Gasteiger partial charge in [0, 0.05) is 25.0 Å². The molecule has 0 radical (unpaired) electrons. The predicted molar refractivity (Wildman–Crippen MR) is 61.5 cm³/mol. The Balaban J connectivity index is 2.12. The van der Waals surface area contributed by atoms with Crippen molar-refractivity contribution in [2.45, 2.75) is 6.42 Å². The van der Waals surface area contributed by atoms with Crippen molar-refractivity contribution >= 4 is 17.4 Å². The summed E-state index contributed by atoms with van der Waals surface area (Å²) in [5, 5.41) is 0.528. The van der Waals surface area contributed by atoms with E-state index in [1.54, 1.807) is 24.5 Å². The highest BCUT2D eigenvalue weighted by atomic mass is 35.5. The summed E-state index contributed by atoms with van der Waals surface area (Å²) in [7, 11) is 0. The molecular formula is C12H9ClN2O. The van der Waals surface area contributed by atoms with Crippen LogP contribution in [0.25, 0.3) is 0 Å². The van der Waals surface area contributed by atoms with Crippen LogP contribution in [0.15, 0.2) is 42.9 Å². The van der Waals surface area contributed by atoms with E-state index >= 15 is 0 Å². The lowest BCUT2D eigenvalue weighted by atomic mass is 10.1. The van der Waals surface area contributed by atoms with E-state index in [-0.39, 0.29) is 5.78 Å². The lowest BCUT2D eigenvalue weighted by Gasteiger charge is -2.00. The molecule has 2 heterocycles. The smallest absolute Gasteiger partial charge is 0.185 e. The van der Waals surface area contributed by atoms with Gasteiger partial charge in [-0.2, -0.15) is 0 Å². The van der Waals surface area contributed by atoms with Crippen molar-refractivity contribution in [2.75, 3.05) is 0 Å². The molecule has 16 heavy (non-hydrogen) atoms. The van der Waals surface area contributed by atoms with Crippen molar-refractivity contribution in [3.63, 3.8) is 0 Å². The van der Waals surface area contributed by atoms with Gasteiger partial charge in [0.15, 0.2) is 5.78 Å². The Kier molecular flexibility index (Phi) is 3.27. The Morgan fingerprint density at radius 2 is 1.94 bits per heavy atom. The van der Waals surface area contributed by atoms with E-state index < -0.39 is 0 Å². The normalized spacial score (nSPS) is 10.1. The molecule has 80 valence electrons. The van der Waals surface area contributed by atoms with Crippen molar-refractivity contribution in [3.05, 3.63) is 59.1 Å². The molecule has 0 fully saturated rings. The average molecular weight is 233 g/mol. The van der Waals surface area contributed by atoms with Crippen LogP contribution in [0.3, 0.4) is 0 Å². The van der Waals surface area contributed by atoms with Gasteiger partial charge in [-0.05, 0) is 29.8 Å². The Morgan fingerprint density at radius 1 is 1.19 bits per heavy atom. The standard InChI is InChI=1S/C12H9ClN2O/c13-10-1-2-11(15-8-10)12(16)7-9-3-5-14-6-4-9/h1-6,8H,7H2. The van der Waals surface area contributed by atoms with Crippen LogP contribution in [0, 0.1) is 0 Å². The molecule has 0 saturated heterocycles. The molecule has 0 unspecified atom stereocenters. The third-order valence-corrected chi connectivity index (χ3v) is 2.35. The topological polar surface area (TPSA) is 42.9 Å². The number of pyridine rings is 2. The number of Topliss-reactive ketones (excluding diaryl/α,β-unsaturated/α-hetero) is 1. The van der Waals surface area contributed by atoms with Crippen molar-refractivity contribution in [1.82, 2.24) is 9.97 Å². The van der Waals surface area contributed by atoms with Crippen LogP contribution in [0.4, 0.5) is 0 Å². The number of carbonyl (C=O) groups is 1. The fourth-order valence-electron chi connectivity index (χ4n) is 1.32. The molecule has 2 rings (SSSR count). The third kappa shape index (κ3) is 2.64. The van der Waals surface area contributed by atoms with Gasteiger partial charge in [-0.15, -0.1) is 0 Å². The molecule has 2 aromatic heterocycles. The number of hydrogen-bond donors (Lipinski definition) is 0. The number of hydrogen-bond acceptors (Lipinski definition) is 3. The fourth-order valence-corrected chi connectivity index (χ4v) is 1.43. The van der Waals surface area contributed by atoms with Crippen LogP contribution in [0.1, 0.15) is 16.1 Å². The minimum absolute atomic E-state index is 0.0251. The predicted octanol–water partition coefficient (Wildman–Crippen LogP) is 2.56. The van der Waals surface area contributed by atoms with Gasteiger partial charge in [0.05, 0.1) is 5.02 Å². The Labute approximate surface area is 98.1 Å². The van der Waals surface area contributed by atoms with E-state index in [9.17, 15) is 4.79 Å². The summed E-state index contributed by atoms with van der Waals surface area (Å²) in [6.07, 6.45) is 5.13. The molecule has 0 spiro atoms. The number of ketones is 1. The van der Waals surface area contributed by atoms with Crippen LogP contribution in [0.2, 0.25) is 5.02 Å². The lowest BCUT2D eigenvalue weighted by Crippen LogP contribution is -2.05. The van der Waals surface area contributed by atoms with Crippen molar-refractivity contribution < 1.29 is 4.79 Å². The molecule has 0 bridgehead atoms. The molecule has 0 aliphatic carbocycles. The fraction of sp³-hybridized carbons (Fsp3) is 0.0833. The first-order valence-electron chi connectivity index (χ1n) is 4.79. The molecule has 0 aliphatic rings. The summed E-state index contributed by atoms with van der Waals surface area (Å²) in [6, 6.07) is 6.92. The lowest BCUT2D eigenvalue weighted by molar-refractivity contribution is 0.0988. The van der Waals surface area contributed by atoms with Crippen LogP contribution in [0.5, 0.6) is 0 Å². The van der Waals surface area contributed by atoms with Crippen molar-refractivity contribution in [3.8, 4) is 0 Å². The second kappa shape index (κ2) is 4.86. The van der Waals surface area contributed by atoms with Gasteiger partial charge in [-0.3, -0.25) is 14.8 Å². The van der Waals surface area contributed by atoms with E-state index in [4.69, 9.17) is 11.6 Å². The Hall–Kier alpha value is -1.74. The number of halogens is 1.